The summed E-state index contributed by atoms with van der Waals surface area (Å²) in [4.78, 5) is 11.4. The molecule has 0 aliphatic rings. The van der Waals surface area contributed by atoms with Crippen molar-refractivity contribution in [3.05, 3.63) is 12.7 Å². The van der Waals surface area contributed by atoms with Crippen LogP contribution in [0.4, 0.5) is 74.6 Å². The van der Waals surface area contributed by atoms with Gasteiger partial charge in [-0.2, -0.15) is 74.6 Å². The summed E-state index contributed by atoms with van der Waals surface area (Å²) in [5.74, 6) is -26.4. The quantitative estimate of drug-likeness (QED) is 0.481. The van der Waals surface area contributed by atoms with Gasteiger partial charge in [0.1, 0.15) is 12.7 Å². The lowest BCUT2D eigenvalue weighted by atomic mass is 10.2. The maximum atomic E-state index is 14.2. The lowest BCUT2D eigenvalue weighted by Crippen LogP contribution is -2.68. The van der Waals surface area contributed by atoms with Crippen molar-refractivity contribution in [1.29, 1.82) is 0 Å². The van der Waals surface area contributed by atoms with Crippen LogP contribution < -0.4 is 5.43 Å². The minimum Gasteiger partial charge on any atom is -0.266 e. The minimum absolute atomic E-state index is 0.185. The van der Waals surface area contributed by atoms with Gasteiger partial charge in [-0.25, -0.2) is 4.68 Å². The standard InChI is InChI=1S/C11H3F17N4O3/c12-4(7(16,17)18,3(33)31-32-1-29-30-2-32)34-11(27,28)6(15,9(22,23)24)35-10(25,26)5(13,14)8(19,20)21/h1-2H,(H,31,33)/t4-,6+/m1/s1. The van der Waals surface area contributed by atoms with Gasteiger partial charge in [0.25, 0.3) is 0 Å². The zero-order valence-electron chi connectivity index (χ0n) is 15.1. The molecule has 0 saturated carbocycles. The molecule has 35 heavy (non-hydrogen) atoms. The number of amides is 1. The van der Waals surface area contributed by atoms with Gasteiger partial charge in [0.15, 0.2) is 0 Å². The van der Waals surface area contributed by atoms with E-state index in [0.717, 1.165) is 0 Å². The molecule has 0 bridgehead atoms. The number of rotatable bonds is 8. The summed E-state index contributed by atoms with van der Waals surface area (Å²) >= 11 is 0. The highest BCUT2D eigenvalue weighted by Gasteiger charge is 2.85. The van der Waals surface area contributed by atoms with Crippen molar-refractivity contribution in [2.45, 2.75) is 48.4 Å². The summed E-state index contributed by atoms with van der Waals surface area (Å²) in [5, 5.41) is 5.56. The van der Waals surface area contributed by atoms with E-state index in [1.54, 1.807) is 0 Å². The van der Waals surface area contributed by atoms with Crippen LogP contribution in [-0.2, 0) is 14.3 Å². The van der Waals surface area contributed by atoms with E-state index in [1.165, 1.54) is 4.74 Å². The maximum Gasteiger partial charge on any atom is 0.462 e. The molecule has 0 aromatic carbocycles. The number of hydrogen-bond donors (Lipinski definition) is 1. The number of nitrogens with zero attached hydrogens (tertiary/aromatic N) is 3. The molecule has 204 valence electrons. The predicted molar refractivity (Wildman–Crippen MR) is 67.2 cm³/mol. The largest absolute Gasteiger partial charge is 0.462 e. The van der Waals surface area contributed by atoms with Crippen LogP contribution in [0.2, 0.25) is 0 Å². The Morgan fingerprint density at radius 2 is 1.06 bits per heavy atom. The van der Waals surface area contributed by atoms with Gasteiger partial charge in [0.2, 0.25) is 0 Å². The SMILES string of the molecule is O=C(Nn1cnnc1)[C@@](F)(OC(F)(F)[C@@](F)(OC(F)(F)C(F)(F)C(F)(F)F)C(F)(F)F)C(F)(F)F. The molecular weight excluding hydrogens is 559 g/mol. The van der Waals surface area contributed by atoms with E-state index < -0.39 is 54.3 Å². The molecule has 1 N–H and O–H groups in total. The van der Waals surface area contributed by atoms with E-state index >= 15 is 0 Å². The van der Waals surface area contributed by atoms with Crippen molar-refractivity contribution in [2.75, 3.05) is 5.43 Å². The maximum absolute atomic E-state index is 14.2. The molecule has 1 aromatic rings. The van der Waals surface area contributed by atoms with Crippen molar-refractivity contribution in [1.82, 2.24) is 14.9 Å². The fourth-order valence-corrected chi connectivity index (χ4v) is 1.61. The van der Waals surface area contributed by atoms with Gasteiger partial charge in [-0.3, -0.25) is 19.7 Å². The lowest BCUT2D eigenvalue weighted by Gasteiger charge is -2.40. The minimum atomic E-state index is -8.07. The van der Waals surface area contributed by atoms with Gasteiger partial charge < -0.3 is 0 Å². The van der Waals surface area contributed by atoms with E-state index in [4.69, 9.17) is 0 Å². The van der Waals surface area contributed by atoms with Crippen LogP contribution in [0.5, 0.6) is 0 Å². The highest BCUT2D eigenvalue weighted by atomic mass is 19.4. The first-order valence-corrected chi connectivity index (χ1v) is 7.44. The Bertz CT molecular complexity index is 895. The Labute approximate surface area is 177 Å². The molecule has 0 unspecified atom stereocenters. The second kappa shape index (κ2) is 8.48. The molecule has 1 aromatic heterocycles. The van der Waals surface area contributed by atoms with Crippen molar-refractivity contribution >= 4 is 5.91 Å². The molecule has 2 atom stereocenters. The van der Waals surface area contributed by atoms with E-state index in [1.807, 2.05) is 4.74 Å². The second-order valence-corrected chi connectivity index (χ2v) is 5.81. The van der Waals surface area contributed by atoms with Crippen LogP contribution in [0.15, 0.2) is 12.7 Å². The van der Waals surface area contributed by atoms with E-state index in [2.05, 4.69) is 10.2 Å². The van der Waals surface area contributed by atoms with Crippen molar-refractivity contribution < 1.29 is 88.9 Å². The number of ether oxygens (including phenoxy) is 2. The molecule has 1 rings (SSSR count). The molecule has 0 radical (unpaired) electrons. The zero-order valence-corrected chi connectivity index (χ0v) is 15.1. The second-order valence-electron chi connectivity index (χ2n) is 5.81. The molecule has 1 heterocycles. The topological polar surface area (TPSA) is 78.3 Å². The van der Waals surface area contributed by atoms with Crippen LogP contribution in [0.1, 0.15) is 0 Å². The average Bonchev–Trinajstić information content (AvgIpc) is 3.10. The molecule has 0 aliphatic heterocycles. The van der Waals surface area contributed by atoms with Gasteiger partial charge in [0, 0.05) is 0 Å². The number of nitrogens with one attached hydrogen (secondary N) is 1. The molecule has 0 fully saturated rings. The number of carbonyl (C=O) groups excluding carboxylic acids is 1. The van der Waals surface area contributed by atoms with E-state index in [-0.39, 0.29) is 17.3 Å². The third-order valence-electron chi connectivity index (χ3n) is 3.30. The van der Waals surface area contributed by atoms with Crippen molar-refractivity contribution in [3.8, 4) is 0 Å². The Hall–Kier alpha value is -2.66. The average molecular weight is 562 g/mol. The van der Waals surface area contributed by atoms with Crippen LogP contribution >= 0.6 is 0 Å². The third-order valence-corrected chi connectivity index (χ3v) is 3.30. The summed E-state index contributed by atoms with van der Waals surface area (Å²) in [7, 11) is 0. The van der Waals surface area contributed by atoms with Gasteiger partial charge in [-0.1, -0.05) is 0 Å². The fraction of sp³-hybridized carbons (Fsp3) is 0.727. The molecule has 24 heteroatoms. The number of carbonyl (C=O) groups is 1. The molecule has 1 amide bonds. The Balaban J connectivity index is 3.60. The first-order chi connectivity index (χ1) is 15.2. The highest BCUT2D eigenvalue weighted by Crippen LogP contribution is 2.56. The smallest absolute Gasteiger partial charge is 0.266 e. The molecular formula is C11H3F17N4O3. The number of aromatic nitrogens is 3. The molecule has 0 saturated heterocycles. The molecule has 0 aliphatic carbocycles. The van der Waals surface area contributed by atoms with Crippen molar-refractivity contribution in [2.24, 2.45) is 0 Å². The van der Waals surface area contributed by atoms with Crippen molar-refractivity contribution in [3.63, 3.8) is 0 Å². The number of halogens is 17. The summed E-state index contributed by atoms with van der Waals surface area (Å²) in [6.45, 7) is 0. The molecule has 0 spiro atoms. The van der Waals surface area contributed by atoms with Gasteiger partial charge >= 0.3 is 54.3 Å². The van der Waals surface area contributed by atoms with E-state index in [0.29, 0.717) is 5.43 Å². The van der Waals surface area contributed by atoms with Crippen LogP contribution in [0.25, 0.3) is 0 Å². The van der Waals surface area contributed by atoms with Crippen LogP contribution in [-0.4, -0.2) is 69.2 Å². The van der Waals surface area contributed by atoms with Gasteiger partial charge in [-0.05, 0) is 0 Å². The van der Waals surface area contributed by atoms with E-state index in [9.17, 15) is 79.4 Å². The Kier molecular flexibility index (Phi) is 7.36. The first-order valence-electron chi connectivity index (χ1n) is 7.44. The zero-order chi connectivity index (χ0) is 28.1. The Morgan fingerprint density at radius 1 is 0.629 bits per heavy atom. The highest BCUT2D eigenvalue weighted by molar-refractivity contribution is 5.91. The van der Waals surface area contributed by atoms with Crippen LogP contribution in [0.3, 0.4) is 0 Å². The normalized spacial score (nSPS) is 18.1. The lowest BCUT2D eigenvalue weighted by molar-refractivity contribution is -0.548. The molecule has 7 nitrogen and oxygen atoms in total. The first kappa shape index (κ1) is 30.4. The fourth-order valence-electron chi connectivity index (χ4n) is 1.61. The summed E-state index contributed by atoms with van der Waals surface area (Å²) in [6.07, 6.45) is -38.3. The summed E-state index contributed by atoms with van der Waals surface area (Å²) < 4.78 is 223. The van der Waals surface area contributed by atoms with Gasteiger partial charge in [-0.15, -0.1) is 10.2 Å². The monoisotopic (exact) mass is 562 g/mol. The Morgan fingerprint density at radius 3 is 1.40 bits per heavy atom. The number of alkyl halides is 17. The van der Waals surface area contributed by atoms with Crippen LogP contribution in [0, 0.1) is 0 Å². The van der Waals surface area contributed by atoms with Gasteiger partial charge in [0.05, 0.1) is 0 Å². The number of hydrogen-bond acceptors (Lipinski definition) is 5. The third kappa shape index (κ3) is 5.30. The summed E-state index contributed by atoms with van der Waals surface area (Å²) in [5.41, 5.74) is 0.612. The summed E-state index contributed by atoms with van der Waals surface area (Å²) in [6, 6.07) is 0. The predicted octanol–water partition coefficient (Wildman–Crippen LogP) is 4.22.